The van der Waals surface area contributed by atoms with Crippen LogP contribution in [0, 0.1) is 20.8 Å². The Morgan fingerprint density at radius 3 is 1.91 bits per heavy atom. The van der Waals surface area contributed by atoms with Gasteiger partial charge < -0.3 is 0 Å². The average Bonchev–Trinajstić information content (AvgIpc) is 1.85. The molecule has 2 heteroatoms. The Labute approximate surface area is 78.8 Å². The minimum absolute atomic E-state index is 1.27. The Hall–Kier alpha value is 0.143. The van der Waals surface area contributed by atoms with Gasteiger partial charge in [0.2, 0.25) is 0 Å². The van der Waals surface area contributed by atoms with E-state index in [0.29, 0.717) is 0 Å². The molecule has 0 aromatic heterocycles. The second kappa shape index (κ2) is 3.70. The van der Waals surface area contributed by atoms with Crippen LogP contribution >= 0.6 is 6.46 Å². The van der Waals surface area contributed by atoms with E-state index in [4.69, 9.17) is 0 Å². The van der Waals surface area contributed by atoms with Crippen molar-refractivity contribution in [3.8, 4) is 0 Å². The van der Waals surface area contributed by atoms with Gasteiger partial charge in [0, 0.05) is 0 Å². The van der Waals surface area contributed by atoms with Gasteiger partial charge in [0.25, 0.3) is 0 Å². The Morgan fingerprint density at radius 1 is 1.09 bits per heavy atom. The number of rotatable bonds is 1. The first kappa shape index (κ1) is 9.23. The molecule has 0 radical (unpaired) electrons. The molecular formula is C9H11PRh. The first-order valence-corrected chi connectivity index (χ1v) is 6.47. The fraction of sp³-hybridized carbons (Fsp3) is 0.333. The number of aryl methyl sites for hydroxylation is 3. The van der Waals surface area contributed by atoms with E-state index >= 15 is 0 Å². The van der Waals surface area contributed by atoms with E-state index in [2.05, 4.69) is 50.2 Å². The molecule has 61 valence electrons. The van der Waals surface area contributed by atoms with Crippen molar-refractivity contribution in [1.82, 2.24) is 0 Å². The van der Waals surface area contributed by atoms with Crippen LogP contribution in [0.3, 0.4) is 0 Å². The molecule has 0 heterocycles. The normalized spacial score (nSPS) is 10.5. The molecule has 1 rings (SSSR count). The molecule has 0 aliphatic carbocycles. The number of benzene rings is 1. The molecule has 0 saturated carbocycles. The second-order valence-electron chi connectivity index (χ2n) is 2.82. The van der Waals surface area contributed by atoms with E-state index in [1.54, 1.807) is 0 Å². The summed E-state index contributed by atoms with van der Waals surface area (Å²) in [5.41, 5.74) is 4.15. The first-order valence-electron chi connectivity index (χ1n) is 3.53. The van der Waals surface area contributed by atoms with Gasteiger partial charge in [-0.15, -0.1) is 0 Å². The minimum atomic E-state index is 1.27. The van der Waals surface area contributed by atoms with Crippen LogP contribution in [0.5, 0.6) is 0 Å². The zero-order valence-electron chi connectivity index (χ0n) is 6.94. The summed E-state index contributed by atoms with van der Waals surface area (Å²) in [5, 5.41) is 1.43. The fourth-order valence-electron chi connectivity index (χ4n) is 1.29. The van der Waals surface area contributed by atoms with E-state index in [-0.39, 0.29) is 0 Å². The summed E-state index contributed by atoms with van der Waals surface area (Å²) in [7, 11) is 0. The van der Waals surface area contributed by atoms with Crippen molar-refractivity contribution >= 4 is 11.8 Å². The van der Waals surface area contributed by atoms with Crippen LogP contribution in [-0.2, 0) is 17.3 Å². The van der Waals surface area contributed by atoms with Crippen molar-refractivity contribution in [3.63, 3.8) is 0 Å². The van der Waals surface area contributed by atoms with E-state index in [9.17, 15) is 0 Å². The maximum atomic E-state index is 2.93. The Balaban J connectivity index is 3.36. The molecule has 11 heavy (non-hydrogen) atoms. The zero-order chi connectivity index (χ0) is 8.43. The topological polar surface area (TPSA) is 0 Å². The Morgan fingerprint density at radius 2 is 1.55 bits per heavy atom. The molecular weight excluding hydrogens is 242 g/mol. The molecule has 0 fully saturated rings. The molecule has 0 spiro atoms. The molecule has 0 saturated heterocycles. The quantitative estimate of drug-likeness (QED) is 0.533. The molecule has 0 unspecified atom stereocenters. The van der Waals surface area contributed by atoms with Crippen molar-refractivity contribution in [2.24, 2.45) is 0 Å². The third-order valence-corrected chi connectivity index (χ3v) is 3.66. The molecule has 0 N–H and O–H groups in total. The van der Waals surface area contributed by atoms with Gasteiger partial charge in [-0.1, -0.05) is 0 Å². The van der Waals surface area contributed by atoms with Crippen LogP contribution in [0.4, 0.5) is 0 Å². The SMILES string of the molecule is Cc1cc(C)c([P]=[Rh])c(C)c1. The van der Waals surface area contributed by atoms with Crippen LogP contribution in [0.25, 0.3) is 0 Å². The number of hydrogen-bond donors (Lipinski definition) is 0. The van der Waals surface area contributed by atoms with Gasteiger partial charge in [-0.2, -0.15) is 0 Å². The third-order valence-electron chi connectivity index (χ3n) is 1.71. The van der Waals surface area contributed by atoms with Crippen molar-refractivity contribution < 1.29 is 17.3 Å². The summed E-state index contributed by atoms with van der Waals surface area (Å²) in [5.74, 6) is 0. The third kappa shape index (κ3) is 2.04. The zero-order valence-corrected chi connectivity index (χ0v) is 9.47. The maximum absolute atomic E-state index is 2.93. The standard InChI is InChI=1S/C9H11P.Rh/c1-6-4-7(2)9(10)8(3)5-6;/h4-5H,1-3H3;. The Bertz CT molecular complexity index is 269. The van der Waals surface area contributed by atoms with Gasteiger partial charge in [0.15, 0.2) is 0 Å². The molecule has 0 amide bonds. The van der Waals surface area contributed by atoms with Gasteiger partial charge in [-0.25, -0.2) is 0 Å². The predicted molar refractivity (Wildman–Crippen MR) is 47.2 cm³/mol. The van der Waals surface area contributed by atoms with Gasteiger partial charge in [0.05, 0.1) is 0 Å². The molecule has 0 aliphatic rings. The average molecular weight is 253 g/mol. The van der Waals surface area contributed by atoms with Crippen LogP contribution in [0.15, 0.2) is 12.1 Å². The summed E-state index contributed by atoms with van der Waals surface area (Å²) < 4.78 is 0. The fourth-order valence-corrected chi connectivity index (χ4v) is 3.39. The van der Waals surface area contributed by atoms with Crippen molar-refractivity contribution in [2.75, 3.05) is 0 Å². The molecule has 1 aromatic carbocycles. The molecule has 0 bridgehead atoms. The summed E-state index contributed by atoms with van der Waals surface area (Å²) in [4.78, 5) is 0. The van der Waals surface area contributed by atoms with Crippen LogP contribution < -0.4 is 5.30 Å². The Kier molecular flexibility index (Phi) is 3.10. The predicted octanol–water partition coefficient (Wildman–Crippen LogP) is 2.65. The van der Waals surface area contributed by atoms with Crippen molar-refractivity contribution in [1.29, 1.82) is 0 Å². The first-order chi connectivity index (χ1) is 5.15. The van der Waals surface area contributed by atoms with Gasteiger partial charge in [-0.05, 0) is 0 Å². The molecule has 0 nitrogen and oxygen atoms in total. The van der Waals surface area contributed by atoms with Crippen LogP contribution in [0.2, 0.25) is 0 Å². The van der Waals surface area contributed by atoms with Gasteiger partial charge >= 0.3 is 78.7 Å². The summed E-state index contributed by atoms with van der Waals surface area (Å²) in [6, 6.07) is 4.46. The van der Waals surface area contributed by atoms with Crippen LogP contribution in [0.1, 0.15) is 16.7 Å². The molecule has 1 aromatic rings. The summed E-state index contributed by atoms with van der Waals surface area (Å²) in [6.07, 6.45) is 0. The van der Waals surface area contributed by atoms with Crippen LogP contribution in [-0.4, -0.2) is 0 Å². The van der Waals surface area contributed by atoms with E-state index < -0.39 is 0 Å². The van der Waals surface area contributed by atoms with Gasteiger partial charge in [-0.3, -0.25) is 0 Å². The number of hydrogen-bond acceptors (Lipinski definition) is 0. The summed E-state index contributed by atoms with van der Waals surface area (Å²) in [6.45, 7) is 7.75. The molecule has 0 aliphatic heterocycles. The second-order valence-corrected chi connectivity index (χ2v) is 4.52. The van der Waals surface area contributed by atoms with Gasteiger partial charge in [0.1, 0.15) is 0 Å². The van der Waals surface area contributed by atoms with E-state index in [1.165, 1.54) is 28.5 Å². The monoisotopic (exact) mass is 253 g/mol. The van der Waals surface area contributed by atoms with Crippen molar-refractivity contribution in [3.05, 3.63) is 28.8 Å². The van der Waals surface area contributed by atoms with Crippen molar-refractivity contribution in [2.45, 2.75) is 20.8 Å². The van der Waals surface area contributed by atoms with E-state index in [0.717, 1.165) is 0 Å². The summed E-state index contributed by atoms with van der Waals surface area (Å²) >= 11 is 2.93. The van der Waals surface area contributed by atoms with E-state index in [1.807, 2.05) is 0 Å². The molecule has 0 atom stereocenters.